The van der Waals surface area contributed by atoms with Crippen molar-refractivity contribution in [2.45, 2.75) is 4.46 Å². The molecule has 0 bridgehead atoms. The Kier molecular flexibility index (Phi) is 4.19. The highest BCUT2D eigenvalue weighted by Crippen LogP contribution is 2.31. The SMILES string of the molecule is N#C/C=C(\C#N)NC(Cl)(Cl)c1ccccc1. The first-order valence-electron chi connectivity index (χ1n) is 4.31. The normalized spacial score (nSPS) is 11.4. The minimum atomic E-state index is -1.43. The molecule has 80 valence electrons. The summed E-state index contributed by atoms with van der Waals surface area (Å²) in [5, 5.41) is 19.7. The third-order valence-electron chi connectivity index (χ3n) is 1.76. The Bertz CT molecular complexity index is 466. The molecule has 0 aliphatic carbocycles. The number of rotatable bonds is 3. The van der Waals surface area contributed by atoms with Crippen LogP contribution in [0.3, 0.4) is 0 Å². The van der Waals surface area contributed by atoms with E-state index in [-0.39, 0.29) is 5.70 Å². The first-order chi connectivity index (χ1) is 7.60. The molecule has 1 N–H and O–H groups in total. The van der Waals surface area contributed by atoms with Crippen LogP contribution in [0.25, 0.3) is 0 Å². The van der Waals surface area contributed by atoms with Gasteiger partial charge < -0.3 is 5.32 Å². The second-order valence-corrected chi connectivity index (χ2v) is 4.19. The summed E-state index contributed by atoms with van der Waals surface area (Å²) < 4.78 is -1.43. The number of hydrogen-bond acceptors (Lipinski definition) is 3. The maximum Gasteiger partial charge on any atom is 0.214 e. The minimum absolute atomic E-state index is 0.0105. The minimum Gasteiger partial charge on any atom is -0.341 e. The lowest BCUT2D eigenvalue weighted by atomic mass is 10.2. The van der Waals surface area contributed by atoms with Crippen LogP contribution in [-0.4, -0.2) is 0 Å². The maximum absolute atomic E-state index is 8.72. The van der Waals surface area contributed by atoms with Gasteiger partial charge >= 0.3 is 0 Å². The molecule has 0 radical (unpaired) electrons. The molecule has 0 aliphatic heterocycles. The van der Waals surface area contributed by atoms with Gasteiger partial charge in [0.25, 0.3) is 0 Å². The van der Waals surface area contributed by atoms with Crippen molar-refractivity contribution in [2.75, 3.05) is 0 Å². The van der Waals surface area contributed by atoms with Crippen LogP contribution < -0.4 is 5.32 Å². The van der Waals surface area contributed by atoms with E-state index < -0.39 is 4.46 Å². The fourth-order valence-electron chi connectivity index (χ4n) is 1.05. The standard InChI is InChI=1S/C11H7Cl2N3/c12-11(13,9-4-2-1-3-5-9)16-10(8-15)6-7-14/h1-6,16H/b10-6+. The molecule has 1 aromatic carbocycles. The van der Waals surface area contributed by atoms with Gasteiger partial charge in [0.15, 0.2) is 0 Å². The van der Waals surface area contributed by atoms with Gasteiger partial charge in [-0.1, -0.05) is 53.5 Å². The summed E-state index contributed by atoms with van der Waals surface area (Å²) in [7, 11) is 0. The van der Waals surface area contributed by atoms with Gasteiger partial charge in [0.2, 0.25) is 4.46 Å². The largest absolute Gasteiger partial charge is 0.341 e. The molecule has 0 amide bonds. The Balaban J connectivity index is 2.93. The molecule has 0 heterocycles. The third-order valence-corrected chi connectivity index (χ3v) is 2.38. The zero-order valence-electron chi connectivity index (χ0n) is 8.11. The van der Waals surface area contributed by atoms with Crippen molar-refractivity contribution in [3.05, 3.63) is 47.7 Å². The molecule has 0 fully saturated rings. The van der Waals surface area contributed by atoms with Gasteiger partial charge in [-0.3, -0.25) is 0 Å². The van der Waals surface area contributed by atoms with Crippen LogP contribution in [0, 0.1) is 22.7 Å². The van der Waals surface area contributed by atoms with Gasteiger partial charge in [-0.25, -0.2) is 0 Å². The number of alkyl halides is 2. The summed E-state index contributed by atoms with van der Waals surface area (Å²) in [5.41, 5.74) is 0.605. The van der Waals surface area contributed by atoms with Crippen molar-refractivity contribution in [3.63, 3.8) is 0 Å². The van der Waals surface area contributed by atoms with Crippen LogP contribution in [0.5, 0.6) is 0 Å². The highest BCUT2D eigenvalue weighted by Gasteiger charge is 2.26. The first kappa shape index (κ1) is 12.4. The summed E-state index contributed by atoms with van der Waals surface area (Å²) in [6.07, 6.45) is 1.04. The van der Waals surface area contributed by atoms with E-state index in [1.54, 1.807) is 36.4 Å². The predicted octanol–water partition coefficient (Wildman–Crippen LogP) is 2.80. The second kappa shape index (κ2) is 5.42. The summed E-state index contributed by atoms with van der Waals surface area (Å²) in [6.45, 7) is 0. The number of nitrogens with zero attached hydrogens (tertiary/aromatic N) is 2. The molecule has 0 atom stereocenters. The Hall–Kier alpha value is -1.68. The van der Waals surface area contributed by atoms with Crippen molar-refractivity contribution < 1.29 is 0 Å². The fourth-order valence-corrected chi connectivity index (χ4v) is 1.51. The van der Waals surface area contributed by atoms with Crippen molar-refractivity contribution in [2.24, 2.45) is 0 Å². The average Bonchev–Trinajstić information content (AvgIpc) is 2.29. The lowest BCUT2D eigenvalue weighted by molar-refractivity contribution is 0.729. The molecule has 0 saturated heterocycles. The summed E-state index contributed by atoms with van der Waals surface area (Å²) in [6, 6.07) is 12.3. The third kappa shape index (κ3) is 3.17. The van der Waals surface area contributed by atoms with Crippen LogP contribution in [0.2, 0.25) is 0 Å². The maximum atomic E-state index is 8.72. The van der Waals surface area contributed by atoms with Gasteiger partial charge in [0.1, 0.15) is 11.8 Å². The zero-order valence-corrected chi connectivity index (χ0v) is 9.63. The molecule has 5 heteroatoms. The van der Waals surface area contributed by atoms with Gasteiger partial charge in [0.05, 0.1) is 6.07 Å². The average molecular weight is 252 g/mol. The van der Waals surface area contributed by atoms with Gasteiger partial charge in [-0.05, 0) is 0 Å². The number of halogens is 2. The van der Waals surface area contributed by atoms with Crippen molar-refractivity contribution >= 4 is 23.2 Å². The summed E-state index contributed by atoms with van der Waals surface area (Å²) >= 11 is 12.0. The molecule has 0 saturated carbocycles. The van der Waals surface area contributed by atoms with Gasteiger partial charge in [-0.15, -0.1) is 0 Å². The van der Waals surface area contributed by atoms with Crippen molar-refractivity contribution in [1.82, 2.24) is 5.32 Å². The van der Waals surface area contributed by atoms with E-state index in [1.165, 1.54) is 0 Å². The molecule has 0 spiro atoms. The van der Waals surface area contributed by atoms with E-state index in [0.29, 0.717) is 5.56 Å². The highest BCUT2D eigenvalue weighted by atomic mass is 35.5. The molecule has 0 aromatic heterocycles. The number of nitrogens with one attached hydrogen (secondary N) is 1. The number of benzene rings is 1. The lowest BCUT2D eigenvalue weighted by Crippen LogP contribution is -2.30. The van der Waals surface area contributed by atoms with Gasteiger partial charge in [-0.2, -0.15) is 10.5 Å². The molecule has 1 rings (SSSR count). The second-order valence-electron chi connectivity index (χ2n) is 2.86. The molecule has 3 nitrogen and oxygen atoms in total. The highest BCUT2D eigenvalue weighted by molar-refractivity contribution is 6.47. The zero-order chi connectivity index (χ0) is 12.0. The number of nitriles is 2. The molecule has 1 aromatic rings. The van der Waals surface area contributed by atoms with E-state index >= 15 is 0 Å². The van der Waals surface area contributed by atoms with E-state index in [0.717, 1.165) is 6.08 Å². The van der Waals surface area contributed by atoms with E-state index in [4.69, 9.17) is 33.7 Å². The van der Waals surface area contributed by atoms with E-state index in [1.807, 2.05) is 6.07 Å². The molecule has 16 heavy (non-hydrogen) atoms. The molecular weight excluding hydrogens is 245 g/mol. The van der Waals surface area contributed by atoms with Crippen molar-refractivity contribution in [3.8, 4) is 12.1 Å². The smallest absolute Gasteiger partial charge is 0.214 e. The van der Waals surface area contributed by atoms with Crippen LogP contribution >= 0.6 is 23.2 Å². The molecular formula is C11H7Cl2N3. The predicted molar refractivity (Wildman–Crippen MR) is 62.3 cm³/mol. The Morgan fingerprint density at radius 3 is 2.38 bits per heavy atom. The van der Waals surface area contributed by atoms with Crippen molar-refractivity contribution in [1.29, 1.82) is 10.5 Å². The fraction of sp³-hybridized carbons (Fsp3) is 0.0909. The quantitative estimate of drug-likeness (QED) is 0.511. The number of allylic oxidation sites excluding steroid dienone is 2. The van der Waals surface area contributed by atoms with E-state index in [2.05, 4.69) is 5.32 Å². The first-order valence-corrected chi connectivity index (χ1v) is 5.07. The Morgan fingerprint density at radius 2 is 1.88 bits per heavy atom. The summed E-state index contributed by atoms with van der Waals surface area (Å²) in [5.74, 6) is 0. The van der Waals surface area contributed by atoms with Crippen LogP contribution in [0.4, 0.5) is 0 Å². The van der Waals surface area contributed by atoms with E-state index in [9.17, 15) is 0 Å². The van der Waals surface area contributed by atoms with Crippen LogP contribution in [0.15, 0.2) is 42.1 Å². The van der Waals surface area contributed by atoms with Crippen LogP contribution in [-0.2, 0) is 4.46 Å². The topological polar surface area (TPSA) is 59.6 Å². The van der Waals surface area contributed by atoms with Gasteiger partial charge in [0, 0.05) is 11.6 Å². The monoisotopic (exact) mass is 251 g/mol. The Morgan fingerprint density at radius 1 is 1.25 bits per heavy atom. The number of hydrogen-bond donors (Lipinski definition) is 1. The lowest BCUT2D eigenvalue weighted by Gasteiger charge is -2.21. The molecule has 0 unspecified atom stereocenters. The molecule has 0 aliphatic rings. The Labute approximate surface area is 104 Å². The van der Waals surface area contributed by atoms with Crippen LogP contribution in [0.1, 0.15) is 5.56 Å². The summed E-state index contributed by atoms with van der Waals surface area (Å²) in [4.78, 5) is 0.